The first-order chi connectivity index (χ1) is 9.26. The number of nitrogens with zero attached hydrogens (tertiary/aromatic N) is 2. The van der Waals surface area contributed by atoms with Crippen molar-refractivity contribution >= 4 is 16.7 Å². The highest BCUT2D eigenvalue weighted by atomic mass is 16.3. The molecule has 0 radical (unpaired) electrons. The van der Waals surface area contributed by atoms with Gasteiger partial charge in [0, 0.05) is 18.6 Å². The largest absolute Gasteiger partial charge is 0.459 e. The van der Waals surface area contributed by atoms with Crippen LogP contribution in [0, 0.1) is 0 Å². The van der Waals surface area contributed by atoms with E-state index in [0.29, 0.717) is 6.54 Å². The summed E-state index contributed by atoms with van der Waals surface area (Å²) in [6, 6.07) is 10.1. The number of furan rings is 1. The van der Waals surface area contributed by atoms with Crippen LogP contribution in [0.3, 0.4) is 0 Å². The summed E-state index contributed by atoms with van der Waals surface area (Å²) >= 11 is 0. The number of anilines is 1. The normalized spacial score (nSPS) is 11.1. The van der Waals surface area contributed by atoms with E-state index in [9.17, 15) is 0 Å². The van der Waals surface area contributed by atoms with Gasteiger partial charge in [-0.1, -0.05) is 25.1 Å². The monoisotopic (exact) mass is 255 g/mol. The Morgan fingerprint density at radius 1 is 1.32 bits per heavy atom. The van der Waals surface area contributed by atoms with Crippen molar-refractivity contribution in [2.75, 3.05) is 5.32 Å². The van der Waals surface area contributed by atoms with Gasteiger partial charge < -0.3 is 9.73 Å². The van der Waals surface area contributed by atoms with Crippen molar-refractivity contribution in [3.05, 3.63) is 48.0 Å². The van der Waals surface area contributed by atoms with E-state index in [1.165, 1.54) is 0 Å². The molecule has 0 atom stereocenters. The lowest BCUT2D eigenvalue weighted by Crippen LogP contribution is -1.99. The third-order valence-electron chi connectivity index (χ3n) is 3.17. The second-order valence-corrected chi connectivity index (χ2v) is 4.62. The van der Waals surface area contributed by atoms with Crippen LogP contribution in [0.5, 0.6) is 0 Å². The van der Waals surface area contributed by atoms with Crippen LogP contribution in [0.25, 0.3) is 11.0 Å². The van der Waals surface area contributed by atoms with Gasteiger partial charge in [-0.3, -0.25) is 4.68 Å². The van der Waals surface area contributed by atoms with Gasteiger partial charge in [0.05, 0.1) is 17.9 Å². The summed E-state index contributed by atoms with van der Waals surface area (Å²) in [7, 11) is 1.94. The van der Waals surface area contributed by atoms with Gasteiger partial charge in [-0.05, 0) is 18.6 Å². The molecule has 3 rings (SSSR count). The van der Waals surface area contributed by atoms with Gasteiger partial charge in [0.25, 0.3) is 0 Å². The van der Waals surface area contributed by atoms with Gasteiger partial charge >= 0.3 is 0 Å². The Labute approximate surface area is 112 Å². The number of hydrogen-bond donors (Lipinski definition) is 1. The summed E-state index contributed by atoms with van der Waals surface area (Å²) in [6.45, 7) is 2.78. The van der Waals surface area contributed by atoms with E-state index in [1.807, 2.05) is 36.1 Å². The molecule has 0 saturated heterocycles. The average Bonchev–Trinajstić information content (AvgIpc) is 2.98. The number of rotatable bonds is 4. The molecule has 0 aliphatic heterocycles. The number of aromatic nitrogens is 2. The van der Waals surface area contributed by atoms with Crippen LogP contribution in [-0.2, 0) is 20.0 Å². The molecule has 0 unspecified atom stereocenters. The number of benzene rings is 1. The van der Waals surface area contributed by atoms with Crippen molar-refractivity contribution in [2.45, 2.75) is 19.9 Å². The lowest BCUT2D eigenvalue weighted by Gasteiger charge is -2.02. The van der Waals surface area contributed by atoms with Crippen molar-refractivity contribution in [2.24, 2.45) is 7.05 Å². The molecule has 0 spiro atoms. The predicted octanol–water partition coefficient (Wildman–Crippen LogP) is 3.34. The van der Waals surface area contributed by atoms with Crippen LogP contribution in [0.4, 0.5) is 5.69 Å². The molecule has 4 heteroatoms. The molecule has 0 bridgehead atoms. The van der Waals surface area contributed by atoms with E-state index >= 15 is 0 Å². The van der Waals surface area contributed by atoms with Gasteiger partial charge in [0.1, 0.15) is 11.3 Å². The zero-order chi connectivity index (χ0) is 13.2. The summed E-state index contributed by atoms with van der Waals surface area (Å²) in [5, 5.41) is 8.93. The van der Waals surface area contributed by atoms with E-state index in [2.05, 4.69) is 29.5 Å². The van der Waals surface area contributed by atoms with E-state index in [0.717, 1.165) is 34.5 Å². The third kappa shape index (κ3) is 2.34. The minimum absolute atomic E-state index is 0.674. The van der Waals surface area contributed by atoms with Crippen LogP contribution in [0.1, 0.15) is 18.4 Å². The minimum atomic E-state index is 0.674. The number of fused-ring (bicyclic) bond motifs is 1. The Bertz CT molecular complexity index is 663. The summed E-state index contributed by atoms with van der Waals surface area (Å²) < 4.78 is 7.61. The van der Waals surface area contributed by atoms with Gasteiger partial charge in [-0.15, -0.1) is 0 Å². The Hall–Kier alpha value is -2.23. The molecule has 3 aromatic rings. The Morgan fingerprint density at radius 3 is 2.95 bits per heavy atom. The first kappa shape index (κ1) is 11.8. The van der Waals surface area contributed by atoms with E-state index in [1.54, 1.807) is 0 Å². The SMILES string of the molecule is CCc1nn(C)cc1NCc1cc2ccccc2o1. The fourth-order valence-corrected chi connectivity index (χ4v) is 2.25. The van der Waals surface area contributed by atoms with Crippen LogP contribution < -0.4 is 5.32 Å². The van der Waals surface area contributed by atoms with E-state index < -0.39 is 0 Å². The molecular formula is C15H17N3O. The topological polar surface area (TPSA) is 43.0 Å². The zero-order valence-electron chi connectivity index (χ0n) is 11.2. The Morgan fingerprint density at radius 2 is 2.16 bits per heavy atom. The summed E-state index contributed by atoms with van der Waals surface area (Å²) in [5.74, 6) is 0.937. The zero-order valence-corrected chi connectivity index (χ0v) is 11.2. The van der Waals surface area contributed by atoms with E-state index in [4.69, 9.17) is 4.42 Å². The van der Waals surface area contributed by atoms with Crippen molar-refractivity contribution in [3.63, 3.8) is 0 Å². The highest BCUT2D eigenvalue weighted by Crippen LogP contribution is 2.20. The molecule has 0 fully saturated rings. The average molecular weight is 255 g/mol. The second-order valence-electron chi connectivity index (χ2n) is 4.62. The number of aryl methyl sites for hydroxylation is 2. The minimum Gasteiger partial charge on any atom is -0.459 e. The van der Waals surface area contributed by atoms with Crippen LogP contribution in [0.15, 0.2) is 40.9 Å². The van der Waals surface area contributed by atoms with Crippen molar-refractivity contribution in [3.8, 4) is 0 Å². The number of hydrogen-bond acceptors (Lipinski definition) is 3. The second kappa shape index (κ2) is 4.80. The number of nitrogens with one attached hydrogen (secondary N) is 1. The maximum atomic E-state index is 5.78. The molecule has 0 aliphatic rings. The van der Waals surface area contributed by atoms with Crippen molar-refractivity contribution in [1.29, 1.82) is 0 Å². The molecule has 1 N–H and O–H groups in total. The molecule has 0 aliphatic carbocycles. The number of para-hydroxylation sites is 1. The lowest BCUT2D eigenvalue weighted by atomic mass is 10.2. The first-order valence-corrected chi connectivity index (χ1v) is 6.50. The standard InChI is InChI=1S/C15H17N3O/c1-3-13-14(10-18(2)17-13)16-9-12-8-11-6-4-5-7-15(11)19-12/h4-8,10,16H,3,9H2,1-2H3. The summed E-state index contributed by atoms with van der Waals surface area (Å²) in [6.07, 6.45) is 2.92. The van der Waals surface area contributed by atoms with Gasteiger partial charge in [-0.2, -0.15) is 5.10 Å². The summed E-state index contributed by atoms with van der Waals surface area (Å²) in [4.78, 5) is 0. The highest BCUT2D eigenvalue weighted by molar-refractivity contribution is 5.77. The highest BCUT2D eigenvalue weighted by Gasteiger charge is 2.07. The molecule has 98 valence electrons. The smallest absolute Gasteiger partial charge is 0.134 e. The van der Waals surface area contributed by atoms with Crippen molar-refractivity contribution in [1.82, 2.24) is 9.78 Å². The molecule has 19 heavy (non-hydrogen) atoms. The van der Waals surface area contributed by atoms with Crippen LogP contribution >= 0.6 is 0 Å². The maximum Gasteiger partial charge on any atom is 0.134 e. The fraction of sp³-hybridized carbons (Fsp3) is 0.267. The predicted molar refractivity (Wildman–Crippen MR) is 76.1 cm³/mol. The molecule has 0 saturated carbocycles. The van der Waals surface area contributed by atoms with Crippen LogP contribution in [-0.4, -0.2) is 9.78 Å². The molecule has 1 aromatic carbocycles. The Balaban J connectivity index is 1.78. The van der Waals surface area contributed by atoms with Gasteiger partial charge in [-0.25, -0.2) is 0 Å². The third-order valence-corrected chi connectivity index (χ3v) is 3.17. The first-order valence-electron chi connectivity index (χ1n) is 6.50. The quantitative estimate of drug-likeness (QED) is 0.777. The van der Waals surface area contributed by atoms with Crippen molar-refractivity contribution < 1.29 is 4.42 Å². The summed E-state index contributed by atoms with van der Waals surface area (Å²) in [5.41, 5.74) is 3.09. The van der Waals surface area contributed by atoms with Crippen LogP contribution in [0.2, 0.25) is 0 Å². The molecule has 2 aromatic heterocycles. The van der Waals surface area contributed by atoms with Gasteiger partial charge in [0.2, 0.25) is 0 Å². The fourth-order valence-electron chi connectivity index (χ4n) is 2.25. The molecule has 4 nitrogen and oxygen atoms in total. The maximum absolute atomic E-state index is 5.78. The molecule has 0 amide bonds. The Kier molecular flexibility index (Phi) is 2.99. The lowest BCUT2D eigenvalue weighted by molar-refractivity contribution is 0.559. The molecular weight excluding hydrogens is 238 g/mol. The van der Waals surface area contributed by atoms with E-state index in [-0.39, 0.29) is 0 Å². The molecule has 2 heterocycles. The van der Waals surface area contributed by atoms with Gasteiger partial charge in [0.15, 0.2) is 0 Å².